The molecule has 1 N–H and O–H groups in total. The van der Waals surface area contributed by atoms with Crippen molar-refractivity contribution in [2.24, 2.45) is 0 Å². The number of nitrogens with zero attached hydrogens (tertiary/aromatic N) is 2. The van der Waals surface area contributed by atoms with Gasteiger partial charge in [-0.15, -0.1) is 6.42 Å². The summed E-state index contributed by atoms with van der Waals surface area (Å²) in [5.74, 6) is 1.47. The van der Waals surface area contributed by atoms with Crippen LogP contribution in [-0.4, -0.2) is 59.3 Å². The number of piperazine rings is 1. The third-order valence-electron chi connectivity index (χ3n) is 7.72. The molecule has 1 fully saturated rings. The Bertz CT molecular complexity index is 1780. The number of terminal acetylenes is 1. The maximum Gasteiger partial charge on any atom is 0.410 e. The first kappa shape index (κ1) is 31.9. The summed E-state index contributed by atoms with van der Waals surface area (Å²) in [7, 11) is 0. The predicted octanol–water partition coefficient (Wildman–Crippen LogP) is 7.36. The van der Waals surface area contributed by atoms with E-state index in [-0.39, 0.29) is 17.7 Å². The normalized spacial score (nSPS) is 14.7. The molecule has 5 rings (SSSR count). The molecule has 234 valence electrons. The molecular formula is C38H36N2O6. The molecule has 4 aromatic rings. The number of carboxylic acids is 1. The minimum atomic E-state index is -1.00. The van der Waals surface area contributed by atoms with Crippen LogP contribution in [-0.2, 0) is 4.74 Å². The van der Waals surface area contributed by atoms with Crippen molar-refractivity contribution in [2.45, 2.75) is 39.3 Å². The van der Waals surface area contributed by atoms with E-state index in [2.05, 4.69) is 10.8 Å². The summed E-state index contributed by atoms with van der Waals surface area (Å²) >= 11 is 0. The summed E-state index contributed by atoms with van der Waals surface area (Å²) in [6, 6.07) is 26.8. The highest BCUT2D eigenvalue weighted by Gasteiger charge is 2.32. The molecule has 0 radical (unpaired) electrons. The zero-order valence-corrected chi connectivity index (χ0v) is 26.3. The first-order chi connectivity index (χ1) is 21.9. The van der Waals surface area contributed by atoms with Gasteiger partial charge in [-0.1, -0.05) is 42.3 Å². The molecule has 1 aliphatic heterocycles. The Morgan fingerprint density at radius 3 is 1.98 bits per heavy atom. The van der Waals surface area contributed by atoms with Gasteiger partial charge < -0.3 is 24.4 Å². The van der Waals surface area contributed by atoms with Gasteiger partial charge in [0.15, 0.2) is 0 Å². The lowest BCUT2D eigenvalue weighted by Crippen LogP contribution is -2.55. The lowest BCUT2D eigenvalue weighted by atomic mass is 9.96. The van der Waals surface area contributed by atoms with E-state index in [0.29, 0.717) is 36.5 Å². The second-order valence-corrected chi connectivity index (χ2v) is 12.2. The van der Waals surface area contributed by atoms with Crippen LogP contribution in [0, 0.1) is 12.3 Å². The van der Waals surface area contributed by atoms with Crippen molar-refractivity contribution >= 4 is 23.7 Å². The number of hydrogen-bond acceptors (Lipinski definition) is 6. The van der Waals surface area contributed by atoms with E-state index in [9.17, 15) is 19.5 Å². The number of benzene rings is 4. The lowest BCUT2D eigenvalue weighted by molar-refractivity contribution is 0.0158. The molecule has 0 aliphatic carbocycles. The number of hydrogen-bond donors (Lipinski definition) is 1. The predicted molar refractivity (Wildman–Crippen MR) is 178 cm³/mol. The quantitative estimate of drug-likeness (QED) is 0.137. The molecule has 0 bridgehead atoms. The van der Waals surface area contributed by atoms with Gasteiger partial charge in [0.1, 0.15) is 11.4 Å². The van der Waals surface area contributed by atoms with Crippen molar-refractivity contribution < 1.29 is 29.0 Å². The number of amides is 1. The van der Waals surface area contributed by atoms with Crippen molar-refractivity contribution in [3.05, 3.63) is 108 Å². The average Bonchev–Trinajstić information content (AvgIpc) is 3.04. The highest BCUT2D eigenvalue weighted by atomic mass is 16.6. The summed E-state index contributed by atoms with van der Waals surface area (Å²) in [5, 5.41) is 9.73. The maximum atomic E-state index is 12.8. The minimum absolute atomic E-state index is 0.103. The minimum Gasteiger partial charge on any atom is -0.478 e. The fourth-order valence-corrected chi connectivity index (χ4v) is 5.37. The van der Waals surface area contributed by atoms with Gasteiger partial charge in [0, 0.05) is 42.5 Å². The molecular weight excluding hydrogens is 580 g/mol. The van der Waals surface area contributed by atoms with E-state index in [1.54, 1.807) is 53.4 Å². The molecule has 0 spiro atoms. The van der Waals surface area contributed by atoms with Gasteiger partial charge in [-0.2, -0.15) is 0 Å². The van der Waals surface area contributed by atoms with E-state index in [1.165, 1.54) is 0 Å². The molecule has 8 heteroatoms. The fourth-order valence-electron chi connectivity index (χ4n) is 5.37. The number of carbonyl (C=O) groups excluding carboxylic acids is 2. The van der Waals surface area contributed by atoms with Gasteiger partial charge in [-0.25, -0.2) is 14.4 Å². The zero-order chi connectivity index (χ0) is 33.0. The summed E-state index contributed by atoms with van der Waals surface area (Å²) in [4.78, 5) is 41.1. The summed E-state index contributed by atoms with van der Waals surface area (Å²) in [6.45, 7) is 9.17. The number of carboxylic acid groups (broad SMARTS) is 1. The van der Waals surface area contributed by atoms with E-state index < -0.39 is 17.5 Å². The summed E-state index contributed by atoms with van der Waals surface area (Å²) in [6.07, 6.45) is 5.05. The Balaban J connectivity index is 1.33. The van der Waals surface area contributed by atoms with Crippen LogP contribution < -0.4 is 9.64 Å². The summed E-state index contributed by atoms with van der Waals surface area (Å²) in [5.41, 5.74) is 5.14. The largest absolute Gasteiger partial charge is 0.478 e. The third kappa shape index (κ3) is 7.39. The van der Waals surface area contributed by atoms with Crippen molar-refractivity contribution in [1.29, 1.82) is 0 Å². The van der Waals surface area contributed by atoms with Crippen LogP contribution in [0.2, 0.25) is 0 Å². The Labute approximate surface area is 269 Å². The molecule has 1 amide bonds. The van der Waals surface area contributed by atoms with E-state index in [4.69, 9.17) is 15.9 Å². The Hall–Kier alpha value is -5.55. The van der Waals surface area contributed by atoms with E-state index in [1.807, 2.05) is 70.2 Å². The van der Waals surface area contributed by atoms with Crippen LogP contribution in [0.25, 0.3) is 22.3 Å². The van der Waals surface area contributed by atoms with Crippen LogP contribution in [0.5, 0.6) is 5.75 Å². The molecule has 1 unspecified atom stereocenters. The van der Waals surface area contributed by atoms with Crippen molar-refractivity contribution in [3.8, 4) is 40.3 Å². The van der Waals surface area contributed by atoms with Crippen LogP contribution >= 0.6 is 0 Å². The van der Waals surface area contributed by atoms with Crippen LogP contribution in [0.4, 0.5) is 10.5 Å². The highest BCUT2D eigenvalue weighted by Crippen LogP contribution is 2.35. The molecule has 1 saturated heterocycles. The number of carbonyl (C=O) groups is 3. The van der Waals surface area contributed by atoms with Crippen LogP contribution in [0.1, 0.15) is 54.0 Å². The van der Waals surface area contributed by atoms with Crippen LogP contribution in [0.15, 0.2) is 91.0 Å². The number of anilines is 1. The fraction of sp³-hybridized carbons (Fsp3) is 0.237. The van der Waals surface area contributed by atoms with Gasteiger partial charge in [0.2, 0.25) is 0 Å². The Morgan fingerprint density at radius 1 is 0.826 bits per heavy atom. The van der Waals surface area contributed by atoms with Gasteiger partial charge in [-0.05, 0) is 99.0 Å². The molecule has 1 heterocycles. The van der Waals surface area contributed by atoms with Crippen molar-refractivity contribution in [3.63, 3.8) is 0 Å². The number of aromatic carboxylic acids is 1. The molecule has 0 aromatic heterocycles. The molecule has 1 aliphatic rings. The zero-order valence-electron chi connectivity index (χ0n) is 26.3. The van der Waals surface area contributed by atoms with E-state index in [0.717, 1.165) is 27.9 Å². The van der Waals surface area contributed by atoms with Gasteiger partial charge in [-0.3, -0.25) is 0 Å². The molecule has 46 heavy (non-hydrogen) atoms. The summed E-state index contributed by atoms with van der Waals surface area (Å²) < 4.78 is 11.1. The molecule has 8 nitrogen and oxygen atoms in total. The standard InChI is InChI=1S/C38H36N2O6/c1-6-26-7-9-30(10-8-26)36(43)45-32-18-15-28(16-19-32)27-11-13-29(14-12-27)33-23-31(35(41)42)17-20-34(33)39-21-22-40(25(2)24-39)37(44)46-38(3,4)5/h1,7-20,23,25H,21-22,24H2,2-5H3,(H,41,42). The van der Waals surface area contributed by atoms with Gasteiger partial charge >= 0.3 is 18.0 Å². The number of ether oxygens (including phenoxy) is 2. The lowest BCUT2D eigenvalue weighted by Gasteiger charge is -2.41. The average molecular weight is 617 g/mol. The molecule has 4 aromatic carbocycles. The Kier molecular flexibility index (Phi) is 9.15. The van der Waals surface area contributed by atoms with Crippen molar-refractivity contribution in [1.82, 2.24) is 4.90 Å². The first-order valence-electron chi connectivity index (χ1n) is 15.0. The maximum absolute atomic E-state index is 12.8. The number of esters is 1. The first-order valence-corrected chi connectivity index (χ1v) is 15.0. The number of rotatable bonds is 6. The van der Waals surface area contributed by atoms with E-state index >= 15 is 0 Å². The van der Waals surface area contributed by atoms with Gasteiger partial charge in [0.05, 0.1) is 11.1 Å². The highest BCUT2D eigenvalue weighted by molar-refractivity contribution is 5.93. The molecule has 0 saturated carbocycles. The SMILES string of the molecule is C#Cc1ccc(C(=O)Oc2ccc(-c3ccc(-c4cc(C(=O)O)ccc4N4CCN(C(=O)OC(C)(C)C)C(C)C4)cc3)cc2)cc1. The van der Waals surface area contributed by atoms with Crippen LogP contribution in [0.3, 0.4) is 0 Å². The second-order valence-electron chi connectivity index (χ2n) is 12.2. The topological polar surface area (TPSA) is 96.4 Å². The monoisotopic (exact) mass is 616 g/mol. The second kappa shape index (κ2) is 13.2. The smallest absolute Gasteiger partial charge is 0.410 e. The third-order valence-corrected chi connectivity index (χ3v) is 7.72. The van der Waals surface area contributed by atoms with Gasteiger partial charge in [0.25, 0.3) is 0 Å². The van der Waals surface area contributed by atoms with Crippen molar-refractivity contribution in [2.75, 3.05) is 24.5 Å². The Morgan fingerprint density at radius 2 is 1.41 bits per heavy atom. The molecule has 1 atom stereocenters.